The molecule has 1 heterocycles. The van der Waals surface area contributed by atoms with Gasteiger partial charge in [-0.15, -0.1) is 0 Å². The first kappa shape index (κ1) is 15.8. The smallest absolute Gasteiger partial charge is 0.218 e. The molecule has 0 spiro atoms. The van der Waals surface area contributed by atoms with Crippen molar-refractivity contribution < 1.29 is 14.3 Å². The number of aryl methyl sites for hydroxylation is 1. The number of ether oxygens (including phenoxy) is 2. The van der Waals surface area contributed by atoms with E-state index in [2.05, 4.69) is 4.90 Å². The Bertz CT molecular complexity index is 492. The summed E-state index contributed by atoms with van der Waals surface area (Å²) in [4.78, 5) is 13.1. The van der Waals surface area contributed by atoms with E-state index in [1.54, 1.807) is 7.11 Å². The van der Waals surface area contributed by atoms with Gasteiger partial charge in [0, 0.05) is 33.2 Å². The number of hydrogen-bond donors (Lipinski definition) is 1. The highest BCUT2D eigenvalue weighted by Gasteiger charge is 2.39. The molecular weight excluding hydrogens is 268 g/mol. The minimum Gasteiger partial charge on any atom is -0.490 e. The number of nitrogens with zero attached hydrogens (tertiary/aromatic N) is 1. The molecule has 0 aliphatic carbocycles. The van der Waals surface area contributed by atoms with Gasteiger partial charge in [-0.3, -0.25) is 9.69 Å². The number of amides is 1. The van der Waals surface area contributed by atoms with Crippen LogP contribution in [0, 0.1) is 6.92 Å². The number of carbonyl (C=O) groups excluding carboxylic acids is 1. The van der Waals surface area contributed by atoms with Crippen LogP contribution >= 0.6 is 0 Å². The molecule has 0 saturated carbocycles. The first-order chi connectivity index (χ1) is 10.0. The molecule has 1 aliphatic heterocycles. The van der Waals surface area contributed by atoms with Crippen molar-refractivity contribution in [3.05, 3.63) is 29.8 Å². The Balaban J connectivity index is 1.91. The number of hydrogen-bond acceptors (Lipinski definition) is 4. The monoisotopic (exact) mass is 292 g/mol. The van der Waals surface area contributed by atoms with Crippen molar-refractivity contribution in [2.45, 2.75) is 25.4 Å². The summed E-state index contributed by atoms with van der Waals surface area (Å²) in [5.74, 6) is 0.630. The van der Waals surface area contributed by atoms with Crippen LogP contribution < -0.4 is 10.5 Å². The highest BCUT2D eigenvalue weighted by molar-refractivity contribution is 5.73. The van der Waals surface area contributed by atoms with Crippen molar-refractivity contribution in [1.29, 1.82) is 0 Å². The van der Waals surface area contributed by atoms with Gasteiger partial charge in [0.1, 0.15) is 18.0 Å². The fraction of sp³-hybridized carbons (Fsp3) is 0.562. The number of likely N-dealkylation sites (tertiary alicyclic amines) is 1. The van der Waals surface area contributed by atoms with Gasteiger partial charge in [0.2, 0.25) is 5.91 Å². The number of methoxy groups -OCH3 is 1. The van der Waals surface area contributed by atoms with Crippen LogP contribution in [0.3, 0.4) is 0 Å². The predicted molar refractivity (Wildman–Crippen MR) is 81.3 cm³/mol. The topological polar surface area (TPSA) is 64.8 Å². The minimum absolute atomic E-state index is 0.263. The van der Waals surface area contributed by atoms with Gasteiger partial charge in [-0.2, -0.15) is 0 Å². The zero-order valence-corrected chi connectivity index (χ0v) is 12.8. The molecule has 0 aromatic heterocycles. The number of primary amides is 1. The first-order valence-electron chi connectivity index (χ1n) is 7.29. The van der Waals surface area contributed by atoms with Gasteiger partial charge in [-0.25, -0.2) is 0 Å². The third-order valence-electron chi connectivity index (χ3n) is 4.09. The van der Waals surface area contributed by atoms with Crippen LogP contribution in [0.25, 0.3) is 0 Å². The van der Waals surface area contributed by atoms with Crippen molar-refractivity contribution in [2.75, 3.05) is 33.4 Å². The summed E-state index contributed by atoms with van der Waals surface area (Å²) in [5, 5.41) is 0. The SMILES string of the molecule is CO[C@]1(COc2ccccc2C)CCN(CCC(N)=O)C1. The van der Waals surface area contributed by atoms with Crippen LogP contribution in [0.5, 0.6) is 5.75 Å². The molecule has 0 unspecified atom stereocenters. The summed E-state index contributed by atoms with van der Waals surface area (Å²) in [7, 11) is 1.72. The molecule has 2 rings (SSSR count). The van der Waals surface area contributed by atoms with Crippen LogP contribution in [0.1, 0.15) is 18.4 Å². The lowest BCUT2D eigenvalue weighted by molar-refractivity contribution is -0.118. The minimum atomic E-state index is -0.306. The second kappa shape index (κ2) is 6.91. The quantitative estimate of drug-likeness (QED) is 0.823. The molecule has 5 heteroatoms. The number of rotatable bonds is 7. The molecule has 1 saturated heterocycles. The Kier molecular flexibility index (Phi) is 5.20. The zero-order valence-electron chi connectivity index (χ0n) is 12.8. The van der Waals surface area contributed by atoms with Gasteiger partial charge >= 0.3 is 0 Å². The van der Waals surface area contributed by atoms with Crippen LogP contribution in [0.15, 0.2) is 24.3 Å². The molecule has 1 amide bonds. The van der Waals surface area contributed by atoms with Crippen molar-refractivity contribution in [3.63, 3.8) is 0 Å². The summed E-state index contributed by atoms with van der Waals surface area (Å²) < 4.78 is 11.7. The predicted octanol–water partition coefficient (Wildman–Crippen LogP) is 1.34. The molecule has 5 nitrogen and oxygen atoms in total. The molecule has 0 bridgehead atoms. The van der Waals surface area contributed by atoms with E-state index in [1.165, 1.54) is 0 Å². The number of para-hydroxylation sites is 1. The van der Waals surface area contributed by atoms with Crippen molar-refractivity contribution in [1.82, 2.24) is 4.90 Å². The van der Waals surface area contributed by atoms with E-state index >= 15 is 0 Å². The van der Waals surface area contributed by atoms with E-state index < -0.39 is 0 Å². The van der Waals surface area contributed by atoms with Gasteiger partial charge < -0.3 is 15.2 Å². The Labute approximate surface area is 126 Å². The van der Waals surface area contributed by atoms with Crippen LogP contribution in [-0.4, -0.2) is 49.8 Å². The third kappa shape index (κ3) is 4.19. The van der Waals surface area contributed by atoms with Crippen LogP contribution in [0.2, 0.25) is 0 Å². The normalized spacial score (nSPS) is 22.4. The number of carbonyl (C=O) groups is 1. The summed E-state index contributed by atoms with van der Waals surface area (Å²) in [5.41, 5.74) is 6.01. The lowest BCUT2D eigenvalue weighted by atomic mass is 10.0. The average molecular weight is 292 g/mol. The maximum Gasteiger partial charge on any atom is 0.218 e. The van der Waals surface area contributed by atoms with E-state index in [1.807, 2.05) is 31.2 Å². The molecular formula is C16H24N2O3. The van der Waals surface area contributed by atoms with Crippen molar-refractivity contribution in [3.8, 4) is 5.75 Å². The highest BCUT2D eigenvalue weighted by Crippen LogP contribution is 2.27. The van der Waals surface area contributed by atoms with Crippen molar-refractivity contribution in [2.24, 2.45) is 5.73 Å². The van der Waals surface area contributed by atoms with Crippen molar-refractivity contribution >= 4 is 5.91 Å². The average Bonchev–Trinajstić information content (AvgIpc) is 2.89. The first-order valence-corrected chi connectivity index (χ1v) is 7.29. The molecule has 2 N–H and O–H groups in total. The van der Waals surface area contributed by atoms with E-state index in [0.29, 0.717) is 19.6 Å². The molecule has 1 atom stereocenters. The Morgan fingerprint density at radius 2 is 2.19 bits per heavy atom. The zero-order chi connectivity index (χ0) is 15.3. The lowest BCUT2D eigenvalue weighted by Gasteiger charge is -2.28. The summed E-state index contributed by atoms with van der Waals surface area (Å²) in [6.45, 7) is 4.90. The van der Waals surface area contributed by atoms with E-state index in [0.717, 1.165) is 30.8 Å². The van der Waals surface area contributed by atoms with E-state index in [9.17, 15) is 4.79 Å². The molecule has 1 aliphatic rings. The molecule has 1 fully saturated rings. The fourth-order valence-corrected chi connectivity index (χ4v) is 2.66. The number of benzene rings is 1. The standard InChI is InChI=1S/C16H24N2O3/c1-13-5-3-4-6-14(13)21-12-16(20-2)8-10-18(11-16)9-7-15(17)19/h3-6H,7-12H2,1-2H3,(H2,17,19)/t16-/m1/s1. The summed E-state index contributed by atoms with van der Waals surface area (Å²) in [6, 6.07) is 7.96. The third-order valence-corrected chi connectivity index (χ3v) is 4.09. The van der Waals surface area contributed by atoms with Gasteiger partial charge in [-0.05, 0) is 25.0 Å². The van der Waals surface area contributed by atoms with E-state index in [-0.39, 0.29) is 11.5 Å². The van der Waals surface area contributed by atoms with Gasteiger partial charge in [0.05, 0.1) is 0 Å². The van der Waals surface area contributed by atoms with Crippen LogP contribution in [0.4, 0.5) is 0 Å². The molecule has 1 aromatic rings. The summed E-state index contributed by atoms with van der Waals surface area (Å²) >= 11 is 0. The van der Waals surface area contributed by atoms with Gasteiger partial charge in [0.25, 0.3) is 0 Å². The largest absolute Gasteiger partial charge is 0.490 e. The number of nitrogens with two attached hydrogens (primary N) is 1. The molecule has 21 heavy (non-hydrogen) atoms. The lowest BCUT2D eigenvalue weighted by Crippen LogP contribution is -2.41. The maximum atomic E-state index is 10.9. The van der Waals surface area contributed by atoms with Gasteiger partial charge in [0.15, 0.2) is 0 Å². The fourth-order valence-electron chi connectivity index (χ4n) is 2.66. The highest BCUT2D eigenvalue weighted by atomic mass is 16.5. The van der Waals surface area contributed by atoms with E-state index in [4.69, 9.17) is 15.2 Å². The maximum absolute atomic E-state index is 10.9. The van der Waals surface area contributed by atoms with Crippen LogP contribution in [-0.2, 0) is 9.53 Å². The molecule has 1 aromatic carbocycles. The van der Waals surface area contributed by atoms with Gasteiger partial charge in [-0.1, -0.05) is 18.2 Å². The second-order valence-electron chi connectivity index (χ2n) is 5.68. The second-order valence-corrected chi connectivity index (χ2v) is 5.68. The Morgan fingerprint density at radius 3 is 2.86 bits per heavy atom. The molecule has 0 radical (unpaired) electrons. The Hall–Kier alpha value is -1.59. The molecule has 116 valence electrons. The Morgan fingerprint density at radius 1 is 1.43 bits per heavy atom. The summed E-state index contributed by atoms with van der Waals surface area (Å²) in [6.07, 6.45) is 1.28.